The fourth-order valence-corrected chi connectivity index (χ4v) is 4.17. The molecule has 0 bridgehead atoms. The van der Waals surface area contributed by atoms with Gasteiger partial charge in [-0.3, -0.25) is 9.78 Å². The Morgan fingerprint density at radius 3 is 2.81 bits per heavy atom. The fourth-order valence-electron chi connectivity index (χ4n) is 4.17. The number of benzene rings is 2. The van der Waals surface area contributed by atoms with Crippen molar-refractivity contribution in [2.75, 3.05) is 24.6 Å². The van der Waals surface area contributed by atoms with Gasteiger partial charge in [0.2, 0.25) is 0 Å². The summed E-state index contributed by atoms with van der Waals surface area (Å²) in [5.74, 6) is -0.243. The Bertz CT molecular complexity index is 1130. The maximum Gasteiger partial charge on any atom is 0.251 e. The van der Waals surface area contributed by atoms with Crippen LogP contribution in [-0.4, -0.2) is 53.9 Å². The molecule has 164 valence electrons. The van der Waals surface area contributed by atoms with Gasteiger partial charge in [0, 0.05) is 23.8 Å². The van der Waals surface area contributed by atoms with Gasteiger partial charge in [0.05, 0.1) is 36.4 Å². The largest absolute Gasteiger partial charge is 0.394 e. The molecule has 1 fully saturated rings. The molecule has 1 amide bonds. The van der Waals surface area contributed by atoms with Crippen molar-refractivity contribution in [2.45, 2.75) is 31.6 Å². The number of nitrogens with zero attached hydrogens (tertiary/aromatic N) is 3. The van der Waals surface area contributed by atoms with E-state index in [-0.39, 0.29) is 24.7 Å². The van der Waals surface area contributed by atoms with E-state index in [1.165, 1.54) is 0 Å². The Balaban J connectivity index is 1.52. The van der Waals surface area contributed by atoms with Gasteiger partial charge in [-0.25, -0.2) is 0 Å². The molecular formula is C25H26N4O3. The number of anilines is 1. The van der Waals surface area contributed by atoms with Crippen LogP contribution in [0, 0.1) is 11.3 Å². The normalized spacial score (nSPS) is 19.3. The lowest BCUT2D eigenvalue weighted by Gasteiger charge is -2.38. The van der Waals surface area contributed by atoms with E-state index in [1.54, 1.807) is 12.3 Å². The zero-order valence-electron chi connectivity index (χ0n) is 17.9. The summed E-state index contributed by atoms with van der Waals surface area (Å²) in [7, 11) is 0. The van der Waals surface area contributed by atoms with Gasteiger partial charge in [0.15, 0.2) is 6.10 Å². The second-order valence-electron chi connectivity index (χ2n) is 8.06. The van der Waals surface area contributed by atoms with Crippen molar-refractivity contribution in [1.29, 1.82) is 5.26 Å². The number of morpholine rings is 1. The van der Waals surface area contributed by atoms with Crippen molar-refractivity contribution in [3.05, 3.63) is 71.9 Å². The molecule has 2 N–H and O–H groups in total. The first-order valence-electron chi connectivity index (χ1n) is 10.7. The Labute approximate surface area is 187 Å². The van der Waals surface area contributed by atoms with Crippen molar-refractivity contribution in [3.8, 4) is 6.07 Å². The van der Waals surface area contributed by atoms with E-state index in [1.807, 2.05) is 55.5 Å². The molecule has 1 aliphatic rings. The molecule has 0 spiro atoms. The maximum absolute atomic E-state index is 13.0. The molecule has 2 heterocycles. The Morgan fingerprint density at radius 1 is 1.25 bits per heavy atom. The molecule has 1 saturated heterocycles. The van der Waals surface area contributed by atoms with E-state index in [0.717, 1.165) is 16.6 Å². The minimum atomic E-state index is -0.675. The summed E-state index contributed by atoms with van der Waals surface area (Å²) in [6.07, 6.45) is 1.38. The predicted molar refractivity (Wildman–Crippen MR) is 122 cm³/mol. The van der Waals surface area contributed by atoms with E-state index in [4.69, 9.17) is 4.74 Å². The summed E-state index contributed by atoms with van der Waals surface area (Å²) in [5, 5.41) is 23.0. The van der Waals surface area contributed by atoms with Crippen LogP contribution in [0.2, 0.25) is 0 Å². The number of carbonyl (C=O) groups excluding carboxylic acids is 1. The van der Waals surface area contributed by atoms with Gasteiger partial charge in [-0.05, 0) is 43.2 Å². The predicted octanol–water partition coefficient (Wildman–Crippen LogP) is 2.42. The Hall–Kier alpha value is -3.47. The van der Waals surface area contributed by atoms with Crippen molar-refractivity contribution < 1.29 is 14.6 Å². The van der Waals surface area contributed by atoms with Crippen LogP contribution in [-0.2, 0) is 16.0 Å². The third kappa shape index (κ3) is 4.72. The Kier molecular flexibility index (Phi) is 6.64. The molecule has 0 aliphatic carbocycles. The summed E-state index contributed by atoms with van der Waals surface area (Å²) in [6, 6.07) is 19.0. The summed E-state index contributed by atoms with van der Waals surface area (Å²) < 4.78 is 5.95. The number of hydrogen-bond acceptors (Lipinski definition) is 6. The number of nitrogens with one attached hydrogen (secondary N) is 1. The first-order valence-corrected chi connectivity index (χ1v) is 10.7. The highest BCUT2D eigenvalue weighted by Crippen LogP contribution is 2.30. The van der Waals surface area contributed by atoms with Crippen molar-refractivity contribution >= 4 is 22.5 Å². The van der Waals surface area contributed by atoms with E-state index in [0.29, 0.717) is 30.6 Å². The smallest absolute Gasteiger partial charge is 0.251 e. The number of carbonyl (C=O) groups is 1. The van der Waals surface area contributed by atoms with Crippen molar-refractivity contribution in [2.24, 2.45) is 0 Å². The number of amides is 1. The standard InChI is InChI=1S/C25H26N4O3/c1-17-14-29(22-10-9-19(13-26)24-21(22)8-5-11-27-24)15-23(32-17)25(31)28-20(16-30)12-18-6-3-2-4-7-18/h2-11,17,20,23,30H,12,14-16H2,1H3,(H,28,31)/t17-,20?,23-/m1/s1. The third-order valence-electron chi connectivity index (χ3n) is 5.65. The number of hydrogen-bond donors (Lipinski definition) is 2. The number of aromatic nitrogens is 1. The molecule has 1 aliphatic heterocycles. The van der Waals surface area contributed by atoms with Gasteiger partial charge in [-0.1, -0.05) is 30.3 Å². The van der Waals surface area contributed by atoms with Gasteiger partial charge in [-0.2, -0.15) is 5.26 Å². The molecule has 3 atom stereocenters. The van der Waals surface area contributed by atoms with Crippen LogP contribution in [0.25, 0.3) is 10.9 Å². The van der Waals surface area contributed by atoms with Gasteiger partial charge >= 0.3 is 0 Å². The van der Waals surface area contributed by atoms with Gasteiger partial charge in [0.1, 0.15) is 6.07 Å². The van der Waals surface area contributed by atoms with E-state index < -0.39 is 6.10 Å². The average Bonchev–Trinajstić information content (AvgIpc) is 2.83. The van der Waals surface area contributed by atoms with Gasteiger partial charge < -0.3 is 20.1 Å². The molecule has 1 aromatic heterocycles. The topological polar surface area (TPSA) is 98.5 Å². The Morgan fingerprint density at radius 2 is 2.06 bits per heavy atom. The minimum absolute atomic E-state index is 0.154. The number of pyridine rings is 1. The molecular weight excluding hydrogens is 404 g/mol. The maximum atomic E-state index is 13.0. The summed E-state index contributed by atoms with van der Waals surface area (Å²) in [4.78, 5) is 19.5. The molecule has 4 rings (SSSR count). The lowest BCUT2D eigenvalue weighted by Crippen LogP contribution is -2.55. The number of rotatable bonds is 6. The number of fused-ring (bicyclic) bond motifs is 1. The SMILES string of the molecule is C[C@@H]1CN(c2ccc(C#N)c3ncccc23)C[C@H](C(=O)NC(CO)Cc2ccccc2)O1. The van der Waals surface area contributed by atoms with Crippen LogP contribution >= 0.6 is 0 Å². The lowest BCUT2D eigenvalue weighted by atomic mass is 10.0. The lowest BCUT2D eigenvalue weighted by molar-refractivity contribution is -0.138. The van der Waals surface area contributed by atoms with Crippen LogP contribution in [0.15, 0.2) is 60.8 Å². The molecule has 0 saturated carbocycles. The second kappa shape index (κ2) is 9.77. The monoisotopic (exact) mass is 430 g/mol. The quantitative estimate of drug-likeness (QED) is 0.623. The summed E-state index contributed by atoms with van der Waals surface area (Å²) in [6.45, 7) is 2.77. The zero-order valence-corrected chi connectivity index (χ0v) is 17.9. The van der Waals surface area contributed by atoms with Gasteiger partial charge in [0.25, 0.3) is 5.91 Å². The van der Waals surface area contributed by atoms with Crippen LogP contribution in [0.1, 0.15) is 18.1 Å². The zero-order chi connectivity index (χ0) is 22.5. The van der Waals surface area contributed by atoms with E-state index >= 15 is 0 Å². The van der Waals surface area contributed by atoms with E-state index in [2.05, 4.69) is 21.3 Å². The van der Waals surface area contributed by atoms with Crippen LogP contribution in [0.5, 0.6) is 0 Å². The van der Waals surface area contributed by atoms with E-state index in [9.17, 15) is 15.2 Å². The summed E-state index contributed by atoms with van der Waals surface area (Å²) in [5.41, 5.74) is 3.13. The fraction of sp³-hybridized carbons (Fsp3) is 0.320. The highest BCUT2D eigenvalue weighted by Gasteiger charge is 2.32. The van der Waals surface area contributed by atoms with Crippen LogP contribution in [0.3, 0.4) is 0 Å². The highest BCUT2D eigenvalue weighted by atomic mass is 16.5. The average molecular weight is 431 g/mol. The highest BCUT2D eigenvalue weighted by molar-refractivity contribution is 5.95. The first-order chi connectivity index (χ1) is 15.6. The third-order valence-corrected chi connectivity index (χ3v) is 5.65. The van der Waals surface area contributed by atoms with Gasteiger partial charge in [-0.15, -0.1) is 0 Å². The molecule has 1 unspecified atom stereocenters. The molecule has 32 heavy (non-hydrogen) atoms. The second-order valence-corrected chi connectivity index (χ2v) is 8.06. The first kappa shape index (κ1) is 21.8. The molecule has 7 heteroatoms. The molecule has 3 aromatic rings. The number of nitriles is 1. The van der Waals surface area contributed by atoms with Crippen LogP contribution < -0.4 is 10.2 Å². The minimum Gasteiger partial charge on any atom is -0.394 e. The number of ether oxygens (including phenoxy) is 1. The molecule has 7 nitrogen and oxygen atoms in total. The number of aliphatic hydroxyl groups is 1. The number of aliphatic hydroxyl groups excluding tert-OH is 1. The molecule has 2 aromatic carbocycles. The summed E-state index contributed by atoms with van der Waals surface area (Å²) >= 11 is 0. The van der Waals surface area contributed by atoms with Crippen LogP contribution in [0.4, 0.5) is 5.69 Å². The van der Waals surface area contributed by atoms with Crippen molar-refractivity contribution in [1.82, 2.24) is 10.3 Å². The van der Waals surface area contributed by atoms with Crippen molar-refractivity contribution in [3.63, 3.8) is 0 Å². The molecule has 0 radical (unpaired) electrons.